The molecule has 1 atom stereocenters. The van der Waals surface area contributed by atoms with Gasteiger partial charge in [0, 0.05) is 11.6 Å². The van der Waals surface area contributed by atoms with Crippen LogP contribution in [0.5, 0.6) is 0 Å². The Morgan fingerprint density at radius 3 is 2.33 bits per heavy atom. The first-order chi connectivity index (χ1) is 6.73. The minimum Gasteiger partial charge on any atom is -0.350 e. The van der Waals surface area contributed by atoms with Gasteiger partial charge in [-0.3, -0.25) is 4.79 Å². The van der Waals surface area contributed by atoms with Gasteiger partial charge in [-0.25, -0.2) is 0 Å². The Morgan fingerprint density at radius 2 is 1.93 bits per heavy atom. The zero-order valence-electron chi connectivity index (χ0n) is 10.6. The van der Waals surface area contributed by atoms with Crippen molar-refractivity contribution in [1.29, 1.82) is 0 Å². The van der Waals surface area contributed by atoms with E-state index in [1.54, 1.807) is 0 Å². The van der Waals surface area contributed by atoms with Crippen LogP contribution in [0.3, 0.4) is 0 Å². The van der Waals surface area contributed by atoms with Gasteiger partial charge in [0.1, 0.15) is 0 Å². The van der Waals surface area contributed by atoms with E-state index in [1.807, 2.05) is 20.8 Å². The summed E-state index contributed by atoms with van der Waals surface area (Å²) in [6.07, 6.45) is 2.56. The number of amides is 1. The van der Waals surface area contributed by atoms with E-state index in [4.69, 9.17) is 0 Å². The van der Waals surface area contributed by atoms with Crippen LogP contribution < -0.4 is 10.6 Å². The van der Waals surface area contributed by atoms with Gasteiger partial charge < -0.3 is 10.6 Å². The van der Waals surface area contributed by atoms with Crippen LogP contribution in [0.15, 0.2) is 0 Å². The predicted octanol–water partition coefficient (Wildman–Crippen LogP) is 1.68. The van der Waals surface area contributed by atoms with Crippen LogP contribution in [0.2, 0.25) is 0 Å². The summed E-state index contributed by atoms with van der Waals surface area (Å²) in [7, 11) is 0. The lowest BCUT2D eigenvalue weighted by molar-refractivity contribution is -0.121. The lowest BCUT2D eigenvalue weighted by atomic mass is 10.0. The Labute approximate surface area is 93.0 Å². The SMILES string of the molecule is CC(NCC(=O)NC(C)(C)C)C1(C)CC1. The van der Waals surface area contributed by atoms with Crippen molar-refractivity contribution in [1.82, 2.24) is 10.6 Å². The Balaban J connectivity index is 2.22. The van der Waals surface area contributed by atoms with E-state index in [9.17, 15) is 4.79 Å². The lowest BCUT2D eigenvalue weighted by Gasteiger charge is -2.23. The van der Waals surface area contributed by atoms with E-state index >= 15 is 0 Å². The van der Waals surface area contributed by atoms with Crippen LogP contribution in [0.25, 0.3) is 0 Å². The molecule has 0 aliphatic heterocycles. The van der Waals surface area contributed by atoms with Crippen LogP contribution in [-0.2, 0) is 4.79 Å². The standard InChI is InChI=1S/C12H24N2O/c1-9(12(5)6-7-12)13-8-10(15)14-11(2,3)4/h9,13H,6-8H2,1-5H3,(H,14,15). The van der Waals surface area contributed by atoms with Crippen molar-refractivity contribution < 1.29 is 4.79 Å². The third-order valence-corrected chi connectivity index (χ3v) is 3.17. The van der Waals surface area contributed by atoms with Crippen molar-refractivity contribution >= 4 is 5.91 Å². The van der Waals surface area contributed by atoms with Gasteiger partial charge in [-0.1, -0.05) is 6.92 Å². The van der Waals surface area contributed by atoms with Crippen LogP contribution in [0.1, 0.15) is 47.5 Å². The van der Waals surface area contributed by atoms with Crippen molar-refractivity contribution in [3.8, 4) is 0 Å². The molecular formula is C12H24N2O. The highest BCUT2D eigenvalue weighted by Crippen LogP contribution is 2.47. The number of hydrogen-bond donors (Lipinski definition) is 2. The summed E-state index contributed by atoms with van der Waals surface area (Å²) in [4.78, 5) is 11.5. The van der Waals surface area contributed by atoms with Crippen molar-refractivity contribution in [3.63, 3.8) is 0 Å². The van der Waals surface area contributed by atoms with Gasteiger partial charge in [-0.2, -0.15) is 0 Å². The van der Waals surface area contributed by atoms with Crippen LogP contribution in [0.4, 0.5) is 0 Å². The molecule has 1 fully saturated rings. The smallest absolute Gasteiger partial charge is 0.234 e. The summed E-state index contributed by atoms with van der Waals surface area (Å²) in [6, 6.07) is 0.434. The van der Waals surface area contributed by atoms with E-state index in [0.29, 0.717) is 18.0 Å². The summed E-state index contributed by atoms with van der Waals surface area (Å²) < 4.78 is 0. The summed E-state index contributed by atoms with van der Waals surface area (Å²) in [6.45, 7) is 10.8. The molecule has 1 unspecified atom stereocenters. The third-order valence-electron chi connectivity index (χ3n) is 3.17. The third kappa shape index (κ3) is 4.20. The minimum atomic E-state index is -0.133. The quantitative estimate of drug-likeness (QED) is 0.744. The fraction of sp³-hybridized carbons (Fsp3) is 0.917. The van der Waals surface area contributed by atoms with E-state index < -0.39 is 0 Å². The molecule has 15 heavy (non-hydrogen) atoms. The molecule has 0 aromatic rings. The average molecular weight is 212 g/mol. The monoisotopic (exact) mass is 212 g/mol. The molecule has 1 amide bonds. The summed E-state index contributed by atoms with van der Waals surface area (Å²) in [5.74, 6) is 0.0820. The summed E-state index contributed by atoms with van der Waals surface area (Å²) in [5.41, 5.74) is 0.299. The number of carbonyl (C=O) groups is 1. The molecule has 3 nitrogen and oxygen atoms in total. The number of rotatable bonds is 4. The van der Waals surface area contributed by atoms with Gasteiger partial charge >= 0.3 is 0 Å². The molecule has 1 aliphatic carbocycles. The molecule has 2 N–H and O–H groups in total. The number of nitrogens with one attached hydrogen (secondary N) is 2. The van der Waals surface area contributed by atoms with Crippen LogP contribution in [0, 0.1) is 5.41 Å². The van der Waals surface area contributed by atoms with Crippen molar-refractivity contribution in [2.24, 2.45) is 5.41 Å². The van der Waals surface area contributed by atoms with Crippen molar-refractivity contribution in [2.45, 2.75) is 59.0 Å². The molecule has 0 aromatic carbocycles. The Bertz CT molecular complexity index is 238. The maximum atomic E-state index is 11.5. The van der Waals surface area contributed by atoms with Gasteiger partial charge in [0.05, 0.1) is 6.54 Å². The molecule has 0 saturated heterocycles. The van der Waals surface area contributed by atoms with E-state index in [2.05, 4.69) is 24.5 Å². The lowest BCUT2D eigenvalue weighted by Crippen LogP contribution is -2.47. The molecular weight excluding hydrogens is 188 g/mol. The molecule has 0 aromatic heterocycles. The molecule has 3 heteroatoms. The fourth-order valence-corrected chi connectivity index (χ4v) is 1.58. The zero-order valence-corrected chi connectivity index (χ0v) is 10.6. The van der Waals surface area contributed by atoms with E-state index in [1.165, 1.54) is 12.8 Å². The largest absolute Gasteiger partial charge is 0.350 e. The van der Waals surface area contributed by atoms with Crippen LogP contribution >= 0.6 is 0 Å². The minimum absolute atomic E-state index is 0.0820. The van der Waals surface area contributed by atoms with Gasteiger partial charge in [-0.15, -0.1) is 0 Å². The van der Waals surface area contributed by atoms with E-state index in [-0.39, 0.29) is 11.4 Å². The first-order valence-electron chi connectivity index (χ1n) is 5.77. The second kappa shape index (κ2) is 4.12. The number of hydrogen-bond acceptors (Lipinski definition) is 2. The van der Waals surface area contributed by atoms with Crippen molar-refractivity contribution in [2.75, 3.05) is 6.54 Å². The molecule has 1 aliphatic rings. The highest BCUT2D eigenvalue weighted by Gasteiger charge is 2.42. The highest BCUT2D eigenvalue weighted by molar-refractivity contribution is 5.78. The molecule has 0 heterocycles. The van der Waals surface area contributed by atoms with Gasteiger partial charge in [0.25, 0.3) is 0 Å². The maximum Gasteiger partial charge on any atom is 0.234 e. The summed E-state index contributed by atoms with van der Waals surface area (Å²) >= 11 is 0. The van der Waals surface area contributed by atoms with Gasteiger partial charge in [-0.05, 0) is 46.0 Å². The fourth-order valence-electron chi connectivity index (χ4n) is 1.58. The normalized spacial score (nSPS) is 20.9. The van der Waals surface area contributed by atoms with E-state index in [0.717, 1.165) is 0 Å². The molecule has 0 spiro atoms. The van der Waals surface area contributed by atoms with Gasteiger partial charge in [0.2, 0.25) is 5.91 Å². The summed E-state index contributed by atoms with van der Waals surface area (Å²) in [5, 5.41) is 6.24. The first-order valence-corrected chi connectivity index (χ1v) is 5.77. The second-order valence-corrected chi connectivity index (χ2v) is 6.05. The molecule has 1 saturated carbocycles. The molecule has 0 radical (unpaired) electrons. The maximum absolute atomic E-state index is 11.5. The Hall–Kier alpha value is -0.570. The molecule has 1 rings (SSSR count). The highest BCUT2D eigenvalue weighted by atomic mass is 16.2. The topological polar surface area (TPSA) is 41.1 Å². The van der Waals surface area contributed by atoms with Gasteiger partial charge in [0.15, 0.2) is 0 Å². The molecule has 0 bridgehead atoms. The zero-order chi connectivity index (χ0) is 11.7. The predicted molar refractivity (Wildman–Crippen MR) is 62.7 cm³/mol. The van der Waals surface area contributed by atoms with Crippen molar-refractivity contribution in [3.05, 3.63) is 0 Å². The Kier molecular flexibility index (Phi) is 3.44. The first kappa shape index (κ1) is 12.5. The Morgan fingerprint density at radius 1 is 1.40 bits per heavy atom. The van der Waals surface area contributed by atoms with Crippen LogP contribution in [-0.4, -0.2) is 24.0 Å². The average Bonchev–Trinajstić information content (AvgIpc) is 2.77. The molecule has 88 valence electrons. The second-order valence-electron chi connectivity index (χ2n) is 6.05. The number of carbonyl (C=O) groups excluding carboxylic acids is 1.